The lowest BCUT2D eigenvalue weighted by Gasteiger charge is -2.29. The predicted molar refractivity (Wildman–Crippen MR) is 117 cm³/mol. The molecule has 1 heterocycles. The van der Waals surface area contributed by atoms with Gasteiger partial charge in [-0.15, -0.1) is 0 Å². The molecule has 3 rings (SSSR count). The zero-order valence-electron chi connectivity index (χ0n) is 16.5. The molecule has 3 nitrogen and oxygen atoms in total. The SMILES string of the molecule is CCSCc1ccc(C(=O)N(C)Cc2ccc(N3CCCCC3)cc2)cc1. The molecule has 0 unspecified atom stereocenters. The van der Waals surface area contributed by atoms with Crippen molar-refractivity contribution in [3.63, 3.8) is 0 Å². The van der Waals surface area contributed by atoms with Gasteiger partial charge in [-0.25, -0.2) is 0 Å². The molecule has 0 aliphatic carbocycles. The Balaban J connectivity index is 1.57. The van der Waals surface area contributed by atoms with Crippen LogP contribution in [-0.2, 0) is 12.3 Å². The summed E-state index contributed by atoms with van der Waals surface area (Å²) in [6, 6.07) is 16.7. The molecule has 0 aromatic heterocycles. The highest BCUT2D eigenvalue weighted by Crippen LogP contribution is 2.21. The number of carbonyl (C=O) groups excluding carboxylic acids is 1. The van der Waals surface area contributed by atoms with Gasteiger partial charge in [-0.05, 0) is 60.4 Å². The fraction of sp³-hybridized carbons (Fsp3) is 0.435. The molecule has 0 N–H and O–H groups in total. The molecule has 0 saturated carbocycles. The Labute approximate surface area is 167 Å². The number of amides is 1. The fourth-order valence-corrected chi connectivity index (χ4v) is 4.13. The lowest BCUT2D eigenvalue weighted by Crippen LogP contribution is -2.29. The van der Waals surface area contributed by atoms with Crippen LogP contribution < -0.4 is 4.90 Å². The van der Waals surface area contributed by atoms with Gasteiger partial charge in [0.05, 0.1) is 0 Å². The number of piperidine rings is 1. The van der Waals surface area contributed by atoms with E-state index >= 15 is 0 Å². The highest BCUT2D eigenvalue weighted by Gasteiger charge is 2.13. The molecule has 1 amide bonds. The van der Waals surface area contributed by atoms with Gasteiger partial charge < -0.3 is 9.80 Å². The second-order valence-electron chi connectivity index (χ2n) is 7.21. The first-order chi connectivity index (χ1) is 13.2. The summed E-state index contributed by atoms with van der Waals surface area (Å²) in [4.78, 5) is 17.0. The molecule has 2 aromatic rings. The van der Waals surface area contributed by atoms with Gasteiger partial charge in [0, 0.05) is 43.7 Å². The number of anilines is 1. The van der Waals surface area contributed by atoms with E-state index in [1.54, 1.807) is 4.90 Å². The van der Waals surface area contributed by atoms with Crippen LogP contribution in [0.1, 0.15) is 47.7 Å². The molecule has 0 atom stereocenters. The van der Waals surface area contributed by atoms with E-state index in [0.717, 1.165) is 30.2 Å². The summed E-state index contributed by atoms with van der Waals surface area (Å²) >= 11 is 1.90. The first-order valence-electron chi connectivity index (χ1n) is 9.93. The second-order valence-corrected chi connectivity index (χ2v) is 8.48. The molecule has 1 aliphatic rings. The molecule has 4 heteroatoms. The van der Waals surface area contributed by atoms with Crippen LogP contribution >= 0.6 is 11.8 Å². The van der Waals surface area contributed by atoms with Crippen LogP contribution in [-0.4, -0.2) is 36.7 Å². The van der Waals surface area contributed by atoms with E-state index < -0.39 is 0 Å². The van der Waals surface area contributed by atoms with E-state index in [1.807, 2.05) is 30.9 Å². The average Bonchev–Trinajstić information content (AvgIpc) is 2.73. The first-order valence-corrected chi connectivity index (χ1v) is 11.1. The molecule has 1 saturated heterocycles. The van der Waals surface area contributed by atoms with E-state index in [2.05, 4.69) is 48.2 Å². The van der Waals surface area contributed by atoms with Crippen molar-refractivity contribution in [3.8, 4) is 0 Å². The number of carbonyl (C=O) groups is 1. The van der Waals surface area contributed by atoms with Gasteiger partial charge in [0.1, 0.15) is 0 Å². The van der Waals surface area contributed by atoms with Crippen LogP contribution in [0.5, 0.6) is 0 Å². The molecule has 0 bridgehead atoms. The van der Waals surface area contributed by atoms with Crippen LogP contribution in [0.25, 0.3) is 0 Å². The Morgan fingerprint density at radius 3 is 2.22 bits per heavy atom. The molecular formula is C23H30N2OS. The van der Waals surface area contributed by atoms with Crippen molar-refractivity contribution in [1.29, 1.82) is 0 Å². The van der Waals surface area contributed by atoms with E-state index in [0.29, 0.717) is 6.54 Å². The maximum atomic E-state index is 12.7. The predicted octanol–water partition coefficient (Wildman–Crippen LogP) is 5.20. The first kappa shape index (κ1) is 19.8. The van der Waals surface area contributed by atoms with Crippen LogP contribution in [0.2, 0.25) is 0 Å². The summed E-state index contributed by atoms with van der Waals surface area (Å²) in [5.74, 6) is 2.19. The van der Waals surface area contributed by atoms with E-state index in [1.165, 1.54) is 36.1 Å². The van der Waals surface area contributed by atoms with E-state index in [9.17, 15) is 4.79 Å². The Hall–Kier alpha value is -1.94. The third kappa shape index (κ3) is 5.52. The smallest absolute Gasteiger partial charge is 0.253 e. The topological polar surface area (TPSA) is 23.6 Å². The van der Waals surface area contributed by atoms with Crippen LogP contribution in [0.3, 0.4) is 0 Å². The molecule has 1 fully saturated rings. The number of rotatable bonds is 7. The van der Waals surface area contributed by atoms with E-state index in [4.69, 9.17) is 0 Å². The normalized spacial score (nSPS) is 14.2. The van der Waals surface area contributed by atoms with Crippen LogP contribution in [0.15, 0.2) is 48.5 Å². The Morgan fingerprint density at radius 1 is 0.963 bits per heavy atom. The van der Waals surface area contributed by atoms with Gasteiger partial charge in [-0.2, -0.15) is 11.8 Å². The molecule has 0 radical (unpaired) electrons. The van der Waals surface area contributed by atoms with Gasteiger partial charge in [-0.3, -0.25) is 4.79 Å². The Kier molecular flexibility index (Phi) is 7.22. The van der Waals surface area contributed by atoms with Crippen molar-refractivity contribution in [2.45, 2.75) is 38.5 Å². The highest BCUT2D eigenvalue weighted by atomic mass is 32.2. The fourth-order valence-electron chi connectivity index (χ4n) is 3.49. The van der Waals surface area contributed by atoms with Crippen LogP contribution in [0.4, 0.5) is 5.69 Å². The molecule has 27 heavy (non-hydrogen) atoms. The summed E-state index contributed by atoms with van der Waals surface area (Å²) < 4.78 is 0. The standard InChI is InChI=1S/C23H30N2OS/c1-3-27-18-20-7-11-21(12-8-20)23(26)24(2)17-19-9-13-22(14-10-19)25-15-5-4-6-16-25/h7-14H,3-6,15-18H2,1-2H3. The van der Waals surface area contributed by atoms with E-state index in [-0.39, 0.29) is 5.91 Å². The third-order valence-corrected chi connectivity index (χ3v) is 6.04. The summed E-state index contributed by atoms with van der Waals surface area (Å²) in [7, 11) is 1.88. The van der Waals surface area contributed by atoms with Gasteiger partial charge >= 0.3 is 0 Å². The van der Waals surface area contributed by atoms with Gasteiger partial charge in [0.25, 0.3) is 5.91 Å². The zero-order valence-corrected chi connectivity index (χ0v) is 17.3. The van der Waals surface area contributed by atoms with Crippen molar-refractivity contribution < 1.29 is 4.79 Å². The molecule has 144 valence electrons. The number of nitrogens with zero attached hydrogens (tertiary/aromatic N) is 2. The quantitative estimate of drug-likeness (QED) is 0.657. The third-order valence-electron chi connectivity index (χ3n) is 5.10. The minimum Gasteiger partial charge on any atom is -0.372 e. The minimum absolute atomic E-state index is 0.0739. The Morgan fingerprint density at radius 2 is 1.59 bits per heavy atom. The summed E-state index contributed by atoms with van der Waals surface area (Å²) in [5.41, 5.74) is 4.50. The molecule has 0 spiro atoms. The molecule has 2 aromatic carbocycles. The number of hydrogen-bond acceptors (Lipinski definition) is 3. The maximum Gasteiger partial charge on any atom is 0.253 e. The Bertz CT molecular complexity index is 721. The second kappa shape index (κ2) is 9.84. The monoisotopic (exact) mass is 382 g/mol. The average molecular weight is 383 g/mol. The van der Waals surface area contributed by atoms with Crippen LogP contribution in [0, 0.1) is 0 Å². The zero-order chi connectivity index (χ0) is 19.1. The molecule has 1 aliphatic heterocycles. The summed E-state index contributed by atoms with van der Waals surface area (Å²) in [5, 5.41) is 0. The largest absolute Gasteiger partial charge is 0.372 e. The number of hydrogen-bond donors (Lipinski definition) is 0. The van der Waals surface area contributed by atoms with Crippen molar-refractivity contribution >= 4 is 23.4 Å². The number of thioether (sulfide) groups is 1. The highest BCUT2D eigenvalue weighted by molar-refractivity contribution is 7.98. The van der Waals surface area contributed by atoms with Gasteiger partial charge in [0.2, 0.25) is 0 Å². The van der Waals surface area contributed by atoms with Crippen molar-refractivity contribution in [3.05, 3.63) is 65.2 Å². The van der Waals surface area contributed by atoms with Crippen molar-refractivity contribution in [2.24, 2.45) is 0 Å². The lowest BCUT2D eigenvalue weighted by molar-refractivity contribution is 0.0785. The lowest BCUT2D eigenvalue weighted by atomic mass is 10.1. The van der Waals surface area contributed by atoms with Gasteiger partial charge in [0.15, 0.2) is 0 Å². The maximum absolute atomic E-state index is 12.7. The minimum atomic E-state index is 0.0739. The number of benzene rings is 2. The molecular weight excluding hydrogens is 352 g/mol. The summed E-state index contributed by atoms with van der Waals surface area (Å²) in [6.45, 7) is 5.11. The summed E-state index contributed by atoms with van der Waals surface area (Å²) in [6.07, 6.45) is 3.92. The van der Waals surface area contributed by atoms with Crippen molar-refractivity contribution in [2.75, 3.05) is 30.8 Å². The van der Waals surface area contributed by atoms with Crippen molar-refractivity contribution in [1.82, 2.24) is 4.90 Å². The van der Waals surface area contributed by atoms with Gasteiger partial charge in [-0.1, -0.05) is 31.2 Å².